The molecule has 0 bridgehead atoms. The highest BCUT2D eigenvalue weighted by atomic mass is 32.1. The lowest BCUT2D eigenvalue weighted by atomic mass is 10.2. The van der Waals surface area contributed by atoms with E-state index in [2.05, 4.69) is 20.5 Å². The monoisotopic (exact) mass is 335 g/mol. The quantitative estimate of drug-likeness (QED) is 0.387. The number of para-hydroxylation sites is 3. The maximum Gasteiger partial charge on any atom is 0.247 e. The molecule has 0 amide bonds. The molecule has 24 heavy (non-hydrogen) atoms. The van der Waals surface area contributed by atoms with E-state index in [-0.39, 0.29) is 5.11 Å². The zero-order valence-corrected chi connectivity index (χ0v) is 13.3. The Bertz CT molecular complexity index is 1100. The minimum absolute atomic E-state index is 0.0638. The Hall–Kier alpha value is -3.19. The van der Waals surface area contributed by atoms with E-state index in [1.165, 1.54) is 0 Å². The molecule has 0 fully saturated rings. The molecule has 0 unspecified atom stereocenters. The minimum atomic E-state index is 0.0638. The molecule has 2 heterocycles. The molecule has 0 spiro atoms. The van der Waals surface area contributed by atoms with Gasteiger partial charge in [0.2, 0.25) is 5.55 Å². The van der Waals surface area contributed by atoms with Crippen LogP contribution in [-0.2, 0) is 0 Å². The summed E-state index contributed by atoms with van der Waals surface area (Å²) in [5, 5.41) is 5.17. The molecule has 2 aromatic heterocycles. The number of rotatable bonds is 2. The Morgan fingerprint density at radius 3 is 2.79 bits per heavy atom. The summed E-state index contributed by atoms with van der Waals surface area (Å²) in [5.41, 5.74) is 11.6. The summed E-state index contributed by atoms with van der Waals surface area (Å²) in [6.07, 6.45) is 0. The second kappa shape index (κ2) is 5.78. The van der Waals surface area contributed by atoms with Gasteiger partial charge in [0.15, 0.2) is 5.11 Å². The van der Waals surface area contributed by atoms with Crippen molar-refractivity contribution in [2.24, 2.45) is 10.8 Å². The van der Waals surface area contributed by atoms with Crippen LogP contribution in [-0.4, -0.2) is 15.1 Å². The number of hydrogen-bond acceptors (Lipinski definition) is 4. The molecular weight excluding hydrogens is 322 g/mol. The third-order valence-corrected chi connectivity index (χ3v) is 3.66. The fraction of sp³-hybridized carbons (Fsp3) is 0. The van der Waals surface area contributed by atoms with Crippen molar-refractivity contribution in [1.29, 1.82) is 0 Å². The standard InChI is InChI=1S/C17H13N5OS/c18-17(24)22-21-16-11(9-10-5-1-4-8-14(10)23-16)15-19-12-6-2-3-7-13(12)20-15/h1-9H,(H,19,20)(H3,18,22,24). The van der Waals surface area contributed by atoms with Gasteiger partial charge in [0.1, 0.15) is 11.4 Å². The smallest absolute Gasteiger partial charge is 0.247 e. The van der Waals surface area contributed by atoms with Gasteiger partial charge in [-0.05, 0) is 36.5 Å². The van der Waals surface area contributed by atoms with E-state index in [4.69, 9.17) is 22.4 Å². The molecule has 0 atom stereocenters. The van der Waals surface area contributed by atoms with Crippen LogP contribution in [0.2, 0.25) is 0 Å². The molecule has 7 heteroatoms. The highest BCUT2D eigenvalue weighted by Gasteiger charge is 2.11. The van der Waals surface area contributed by atoms with Gasteiger partial charge in [0, 0.05) is 5.39 Å². The van der Waals surface area contributed by atoms with E-state index in [0.29, 0.717) is 22.5 Å². The van der Waals surface area contributed by atoms with Crippen molar-refractivity contribution in [3.63, 3.8) is 0 Å². The van der Waals surface area contributed by atoms with Crippen molar-refractivity contribution in [2.45, 2.75) is 0 Å². The SMILES string of the molecule is NC(=S)NN=c1oc2ccccc2cc1-c1nc2ccccc2[nH]1. The molecule has 0 saturated heterocycles. The summed E-state index contributed by atoms with van der Waals surface area (Å²) in [5.74, 6) is 0.661. The second-order valence-electron chi connectivity index (χ2n) is 5.19. The zero-order chi connectivity index (χ0) is 16.5. The molecule has 4 rings (SSSR count). The Kier molecular flexibility index (Phi) is 3.47. The Labute approximate surface area is 142 Å². The van der Waals surface area contributed by atoms with Crippen LogP contribution in [0.4, 0.5) is 0 Å². The molecule has 6 nitrogen and oxygen atoms in total. The van der Waals surface area contributed by atoms with Crippen molar-refractivity contribution < 1.29 is 4.42 Å². The average molecular weight is 335 g/mol. The van der Waals surface area contributed by atoms with Crippen LogP contribution in [0.15, 0.2) is 64.1 Å². The fourth-order valence-electron chi connectivity index (χ4n) is 2.51. The van der Waals surface area contributed by atoms with Gasteiger partial charge in [-0.15, -0.1) is 5.10 Å². The van der Waals surface area contributed by atoms with Crippen LogP contribution in [0.3, 0.4) is 0 Å². The van der Waals surface area contributed by atoms with E-state index >= 15 is 0 Å². The van der Waals surface area contributed by atoms with E-state index in [9.17, 15) is 0 Å². The molecule has 4 N–H and O–H groups in total. The lowest BCUT2D eigenvalue weighted by molar-refractivity contribution is 0.533. The highest BCUT2D eigenvalue weighted by molar-refractivity contribution is 7.80. The molecule has 0 aliphatic rings. The number of H-pyrrole nitrogens is 1. The van der Waals surface area contributed by atoms with Crippen molar-refractivity contribution >= 4 is 39.3 Å². The van der Waals surface area contributed by atoms with Gasteiger partial charge in [-0.25, -0.2) is 4.98 Å². The van der Waals surface area contributed by atoms with Gasteiger partial charge in [-0.1, -0.05) is 30.3 Å². The molecule has 0 aliphatic heterocycles. The summed E-state index contributed by atoms with van der Waals surface area (Å²) >= 11 is 4.81. The second-order valence-corrected chi connectivity index (χ2v) is 5.63. The van der Waals surface area contributed by atoms with Gasteiger partial charge in [-0.2, -0.15) is 0 Å². The van der Waals surface area contributed by atoms with Crippen LogP contribution in [0.1, 0.15) is 0 Å². The highest BCUT2D eigenvalue weighted by Crippen LogP contribution is 2.21. The predicted molar refractivity (Wildman–Crippen MR) is 96.8 cm³/mol. The number of aromatic amines is 1. The topological polar surface area (TPSA) is 92.2 Å². The zero-order valence-electron chi connectivity index (χ0n) is 12.5. The maximum atomic E-state index is 5.89. The largest absolute Gasteiger partial charge is 0.436 e. The Morgan fingerprint density at radius 1 is 1.17 bits per heavy atom. The van der Waals surface area contributed by atoms with Crippen LogP contribution >= 0.6 is 12.2 Å². The molecule has 4 aromatic rings. The summed E-state index contributed by atoms with van der Waals surface area (Å²) in [6.45, 7) is 0. The van der Waals surface area contributed by atoms with Crippen LogP contribution < -0.4 is 16.7 Å². The van der Waals surface area contributed by atoms with E-state index in [1.54, 1.807) is 0 Å². The number of nitrogens with two attached hydrogens (primary N) is 1. The number of imidazole rings is 1. The Balaban J connectivity index is 1.99. The van der Waals surface area contributed by atoms with Crippen LogP contribution in [0.25, 0.3) is 33.4 Å². The number of hydrogen-bond donors (Lipinski definition) is 3. The summed E-state index contributed by atoms with van der Waals surface area (Å²) in [4.78, 5) is 7.89. The van der Waals surface area contributed by atoms with E-state index < -0.39 is 0 Å². The molecule has 0 radical (unpaired) electrons. The molecule has 0 aliphatic carbocycles. The first-order chi connectivity index (χ1) is 11.7. The van der Waals surface area contributed by atoms with Crippen molar-refractivity contribution in [3.05, 3.63) is 60.2 Å². The first-order valence-electron chi connectivity index (χ1n) is 7.28. The number of thiocarbonyl (C=S) groups is 1. The predicted octanol–water partition coefficient (Wildman–Crippen LogP) is 2.62. The number of fused-ring (bicyclic) bond motifs is 2. The lowest BCUT2D eigenvalue weighted by Crippen LogP contribution is -2.27. The molecule has 118 valence electrons. The van der Waals surface area contributed by atoms with Crippen molar-refractivity contribution in [1.82, 2.24) is 15.4 Å². The number of nitrogens with one attached hydrogen (secondary N) is 2. The maximum absolute atomic E-state index is 5.89. The fourth-order valence-corrected chi connectivity index (χ4v) is 2.55. The van der Waals surface area contributed by atoms with Gasteiger partial charge in [0.05, 0.1) is 16.6 Å². The van der Waals surface area contributed by atoms with Gasteiger partial charge in [0.25, 0.3) is 0 Å². The number of benzene rings is 2. The van der Waals surface area contributed by atoms with Gasteiger partial charge < -0.3 is 15.1 Å². The summed E-state index contributed by atoms with van der Waals surface area (Å²) < 4.78 is 5.89. The first-order valence-corrected chi connectivity index (χ1v) is 7.69. The van der Waals surface area contributed by atoms with E-state index in [0.717, 1.165) is 16.4 Å². The minimum Gasteiger partial charge on any atom is -0.436 e. The molecule has 2 aromatic carbocycles. The molecule has 0 saturated carbocycles. The number of aromatic nitrogens is 2. The summed E-state index contributed by atoms with van der Waals surface area (Å²) in [6, 6.07) is 17.5. The third kappa shape index (κ3) is 2.61. The van der Waals surface area contributed by atoms with Crippen molar-refractivity contribution in [2.75, 3.05) is 0 Å². The van der Waals surface area contributed by atoms with Crippen molar-refractivity contribution in [3.8, 4) is 11.4 Å². The van der Waals surface area contributed by atoms with E-state index in [1.807, 2.05) is 54.6 Å². The Morgan fingerprint density at radius 2 is 1.96 bits per heavy atom. The first kappa shape index (κ1) is 14.4. The average Bonchev–Trinajstić information content (AvgIpc) is 3.03. The number of nitrogens with zero attached hydrogens (tertiary/aromatic N) is 2. The summed E-state index contributed by atoms with van der Waals surface area (Å²) in [7, 11) is 0. The van der Waals surface area contributed by atoms with Crippen LogP contribution in [0, 0.1) is 0 Å². The molecular formula is C17H13N5OS. The van der Waals surface area contributed by atoms with Gasteiger partial charge in [-0.3, -0.25) is 5.43 Å². The normalized spacial score (nSPS) is 11.9. The third-order valence-electron chi connectivity index (χ3n) is 3.57. The lowest BCUT2D eigenvalue weighted by Gasteiger charge is -2.02. The van der Waals surface area contributed by atoms with Crippen LogP contribution in [0.5, 0.6) is 0 Å². The van der Waals surface area contributed by atoms with Gasteiger partial charge >= 0.3 is 0 Å².